The van der Waals surface area contributed by atoms with Crippen LogP contribution >= 0.6 is 0 Å². The molecule has 0 unspecified atom stereocenters. The van der Waals surface area contributed by atoms with E-state index in [4.69, 9.17) is 19.8 Å². The molecule has 84 valence electrons. The largest absolute Gasteiger partial charge is 0.493 e. The Kier molecular flexibility index (Phi) is 4.16. The van der Waals surface area contributed by atoms with Crippen LogP contribution in [0, 0.1) is 11.3 Å². The lowest BCUT2D eigenvalue weighted by atomic mass is 10.2. The highest BCUT2D eigenvalue weighted by Crippen LogP contribution is 2.31. The highest BCUT2D eigenvalue weighted by Gasteiger charge is 2.15. The van der Waals surface area contributed by atoms with E-state index in [0.717, 1.165) is 0 Å². The molecule has 0 heterocycles. The number of hydrogen-bond donors (Lipinski definition) is 1. The lowest BCUT2D eigenvalue weighted by molar-refractivity contribution is 0.0691. The number of ether oxygens (including phenoxy) is 2. The third-order valence-electron chi connectivity index (χ3n) is 1.89. The quantitative estimate of drug-likeness (QED) is 0.765. The van der Waals surface area contributed by atoms with Gasteiger partial charge < -0.3 is 14.6 Å². The number of nitriles is 1. The van der Waals surface area contributed by atoms with Crippen LogP contribution in [0.1, 0.15) is 16.8 Å². The van der Waals surface area contributed by atoms with Gasteiger partial charge in [-0.2, -0.15) is 5.26 Å². The van der Waals surface area contributed by atoms with Gasteiger partial charge in [0.25, 0.3) is 0 Å². The summed E-state index contributed by atoms with van der Waals surface area (Å²) in [5.74, 6) is -0.587. The molecular weight excluding hydrogens is 210 g/mol. The standard InChI is InChI=1S/C11H11NO4/c1-15-9-5-2-4-8(11(13)14)10(9)16-7-3-6-12/h2,4-5H,3,7H2,1H3,(H,13,14). The van der Waals surface area contributed by atoms with Crippen LogP contribution in [0.15, 0.2) is 18.2 Å². The molecule has 0 saturated heterocycles. The fourth-order valence-electron chi connectivity index (χ4n) is 1.19. The lowest BCUT2D eigenvalue weighted by Gasteiger charge is -2.11. The van der Waals surface area contributed by atoms with Gasteiger partial charge in [-0.3, -0.25) is 0 Å². The number of carboxylic acid groups (broad SMARTS) is 1. The average Bonchev–Trinajstić information content (AvgIpc) is 2.29. The van der Waals surface area contributed by atoms with Gasteiger partial charge in [0.2, 0.25) is 0 Å². The Bertz CT molecular complexity index is 422. The smallest absolute Gasteiger partial charge is 0.339 e. The summed E-state index contributed by atoms with van der Waals surface area (Å²) in [4.78, 5) is 10.9. The van der Waals surface area contributed by atoms with Crippen molar-refractivity contribution < 1.29 is 19.4 Å². The van der Waals surface area contributed by atoms with E-state index in [1.54, 1.807) is 12.1 Å². The van der Waals surface area contributed by atoms with Crippen LogP contribution in [0.5, 0.6) is 11.5 Å². The number of rotatable bonds is 5. The van der Waals surface area contributed by atoms with Crippen molar-refractivity contribution in [1.29, 1.82) is 5.26 Å². The normalized spacial score (nSPS) is 9.25. The molecule has 16 heavy (non-hydrogen) atoms. The number of carboxylic acids is 1. The molecule has 0 aliphatic heterocycles. The highest BCUT2D eigenvalue weighted by molar-refractivity contribution is 5.92. The minimum atomic E-state index is -1.09. The van der Waals surface area contributed by atoms with Gasteiger partial charge in [0.05, 0.1) is 19.6 Å². The average molecular weight is 221 g/mol. The number of carbonyl (C=O) groups is 1. The van der Waals surface area contributed by atoms with Gasteiger partial charge in [0.1, 0.15) is 12.2 Å². The Labute approximate surface area is 92.8 Å². The zero-order valence-corrected chi connectivity index (χ0v) is 8.77. The van der Waals surface area contributed by atoms with Crippen LogP contribution in [0.4, 0.5) is 0 Å². The van der Waals surface area contributed by atoms with Crippen LogP contribution in [-0.4, -0.2) is 24.8 Å². The summed E-state index contributed by atoms with van der Waals surface area (Å²) in [5.41, 5.74) is 0.0253. The molecule has 0 bridgehead atoms. The number of aromatic carboxylic acids is 1. The number of benzene rings is 1. The van der Waals surface area contributed by atoms with Gasteiger partial charge in [-0.25, -0.2) is 4.79 Å². The minimum Gasteiger partial charge on any atom is -0.493 e. The van der Waals surface area contributed by atoms with E-state index in [1.165, 1.54) is 13.2 Å². The Morgan fingerprint density at radius 3 is 2.88 bits per heavy atom. The van der Waals surface area contributed by atoms with Crippen molar-refractivity contribution in [3.63, 3.8) is 0 Å². The SMILES string of the molecule is COc1cccc(C(=O)O)c1OCCC#N. The molecule has 0 spiro atoms. The third-order valence-corrected chi connectivity index (χ3v) is 1.89. The summed E-state index contributed by atoms with van der Waals surface area (Å²) in [7, 11) is 1.43. The summed E-state index contributed by atoms with van der Waals surface area (Å²) in [6, 6.07) is 6.51. The summed E-state index contributed by atoms with van der Waals surface area (Å²) in [5, 5.41) is 17.3. The van der Waals surface area contributed by atoms with E-state index in [0.29, 0.717) is 5.75 Å². The lowest BCUT2D eigenvalue weighted by Crippen LogP contribution is -2.05. The van der Waals surface area contributed by atoms with E-state index in [9.17, 15) is 4.79 Å². The molecule has 0 amide bonds. The Morgan fingerprint density at radius 1 is 1.56 bits per heavy atom. The van der Waals surface area contributed by atoms with Crippen molar-refractivity contribution in [1.82, 2.24) is 0 Å². The molecule has 0 aliphatic rings. The number of methoxy groups -OCH3 is 1. The molecule has 5 nitrogen and oxygen atoms in total. The summed E-state index contributed by atoms with van der Waals surface area (Å²) >= 11 is 0. The van der Waals surface area contributed by atoms with Crippen LogP contribution < -0.4 is 9.47 Å². The van der Waals surface area contributed by atoms with Crippen molar-refractivity contribution in [3.8, 4) is 17.6 Å². The Morgan fingerprint density at radius 2 is 2.31 bits per heavy atom. The van der Waals surface area contributed by atoms with Crippen molar-refractivity contribution >= 4 is 5.97 Å². The summed E-state index contributed by atoms with van der Waals surface area (Å²) < 4.78 is 10.2. The van der Waals surface area contributed by atoms with E-state index in [-0.39, 0.29) is 24.3 Å². The second-order valence-corrected chi connectivity index (χ2v) is 2.90. The van der Waals surface area contributed by atoms with Crippen LogP contribution in [0.25, 0.3) is 0 Å². The molecule has 1 aromatic carbocycles. The molecule has 0 fully saturated rings. The maximum Gasteiger partial charge on any atom is 0.339 e. The van der Waals surface area contributed by atoms with Crippen molar-refractivity contribution in [2.45, 2.75) is 6.42 Å². The second-order valence-electron chi connectivity index (χ2n) is 2.90. The Balaban J connectivity index is 3.01. The maximum absolute atomic E-state index is 10.9. The zero-order valence-electron chi connectivity index (χ0n) is 8.77. The van der Waals surface area contributed by atoms with E-state index in [2.05, 4.69) is 0 Å². The van der Waals surface area contributed by atoms with Crippen LogP contribution in [0.2, 0.25) is 0 Å². The van der Waals surface area contributed by atoms with Gasteiger partial charge in [0.15, 0.2) is 11.5 Å². The van der Waals surface area contributed by atoms with Gasteiger partial charge in [0, 0.05) is 0 Å². The first kappa shape index (κ1) is 11.9. The van der Waals surface area contributed by atoms with Gasteiger partial charge in [-0.15, -0.1) is 0 Å². The topological polar surface area (TPSA) is 79.6 Å². The van der Waals surface area contributed by atoms with Gasteiger partial charge in [-0.05, 0) is 12.1 Å². The molecule has 0 atom stereocenters. The van der Waals surface area contributed by atoms with Crippen LogP contribution in [0.3, 0.4) is 0 Å². The molecule has 1 N–H and O–H groups in total. The molecule has 5 heteroatoms. The molecule has 0 radical (unpaired) electrons. The molecule has 0 aliphatic carbocycles. The zero-order chi connectivity index (χ0) is 12.0. The minimum absolute atomic E-state index is 0.0253. The van der Waals surface area contributed by atoms with Crippen molar-refractivity contribution in [2.24, 2.45) is 0 Å². The monoisotopic (exact) mass is 221 g/mol. The first-order valence-electron chi connectivity index (χ1n) is 4.60. The van der Waals surface area contributed by atoms with Gasteiger partial charge in [-0.1, -0.05) is 6.07 Å². The molecule has 0 aromatic heterocycles. The number of hydrogen-bond acceptors (Lipinski definition) is 4. The molecule has 1 rings (SSSR count). The maximum atomic E-state index is 10.9. The van der Waals surface area contributed by atoms with Crippen molar-refractivity contribution in [2.75, 3.05) is 13.7 Å². The summed E-state index contributed by atoms with van der Waals surface area (Å²) in [6.45, 7) is 0.136. The number of nitrogens with zero attached hydrogens (tertiary/aromatic N) is 1. The highest BCUT2D eigenvalue weighted by atomic mass is 16.5. The Hall–Kier alpha value is -2.22. The first-order chi connectivity index (χ1) is 7.70. The predicted molar refractivity (Wildman–Crippen MR) is 55.7 cm³/mol. The van der Waals surface area contributed by atoms with E-state index >= 15 is 0 Å². The van der Waals surface area contributed by atoms with E-state index < -0.39 is 5.97 Å². The van der Waals surface area contributed by atoms with Crippen molar-refractivity contribution in [3.05, 3.63) is 23.8 Å². The fraction of sp³-hybridized carbons (Fsp3) is 0.273. The molecule has 0 saturated carbocycles. The summed E-state index contributed by atoms with van der Waals surface area (Å²) in [6.07, 6.45) is 0.192. The molecule has 1 aromatic rings. The van der Waals surface area contributed by atoms with E-state index in [1.807, 2.05) is 6.07 Å². The fourth-order valence-corrected chi connectivity index (χ4v) is 1.19. The molecular formula is C11H11NO4. The number of para-hydroxylation sites is 1. The second kappa shape index (κ2) is 5.61. The predicted octanol–water partition coefficient (Wildman–Crippen LogP) is 1.69. The van der Waals surface area contributed by atoms with Gasteiger partial charge >= 0.3 is 5.97 Å². The van der Waals surface area contributed by atoms with Crippen LogP contribution in [-0.2, 0) is 0 Å². The third kappa shape index (κ3) is 2.64. The first-order valence-corrected chi connectivity index (χ1v) is 4.60.